The van der Waals surface area contributed by atoms with Crippen LogP contribution in [0.4, 0.5) is 0 Å². The Hall–Kier alpha value is -6.50. The van der Waals surface area contributed by atoms with Crippen molar-refractivity contribution < 1.29 is 39.0 Å². The molecule has 3 rings (SSSR count). The molecule has 0 unspecified atom stereocenters. The Morgan fingerprint density at radius 1 is 0.736 bits per heavy atom. The van der Waals surface area contributed by atoms with Crippen LogP contribution in [0.2, 0.25) is 0 Å². The molecule has 15 N–H and O–H groups in total. The molecule has 0 saturated carbocycles. The number of nitrogens with zero attached hydrogens (tertiary/aromatic N) is 2. The molecule has 284 valence electrons. The zero-order valence-electron chi connectivity index (χ0n) is 28.7. The van der Waals surface area contributed by atoms with E-state index >= 15 is 0 Å². The number of guanidine groups is 1. The van der Waals surface area contributed by atoms with Crippen LogP contribution in [0.3, 0.4) is 0 Å². The number of nitrogens with two attached hydrogens (primary N) is 4. The molecule has 0 radical (unpaired) electrons. The highest BCUT2D eigenvalue weighted by Gasteiger charge is 2.33. The lowest BCUT2D eigenvalue weighted by atomic mass is 10.0. The summed E-state index contributed by atoms with van der Waals surface area (Å²) in [5.74, 6) is -5.87. The smallest absolute Gasteiger partial charge is 0.326 e. The summed E-state index contributed by atoms with van der Waals surface area (Å²) in [5, 5.41) is 29.4. The minimum absolute atomic E-state index is 0.0163. The molecule has 0 spiro atoms. The fraction of sp³-hybridized carbons (Fsp3) is 0.353. The SMILES string of the molecule is NC(=O)C[C@@H](NC(=O)[C@H](N)Cc1ccc(O)cc1)C(=O)N[C@H](CCCN=C(N)N)C(=O)N[C@H](Cc1cnc[nH]1)C(=O)N[C@@H](Cc1ccccc1)C(=O)O. The number of carboxylic acid groups (broad SMARTS) is 1. The molecular weight excluding hydrogens is 690 g/mol. The van der Waals surface area contributed by atoms with Gasteiger partial charge in [-0.2, -0.15) is 0 Å². The van der Waals surface area contributed by atoms with Gasteiger partial charge in [0.25, 0.3) is 0 Å². The molecule has 0 bridgehead atoms. The number of carbonyl (C=O) groups is 6. The van der Waals surface area contributed by atoms with E-state index in [2.05, 4.69) is 36.2 Å². The molecular formula is C34H45N11O8. The largest absolute Gasteiger partial charge is 0.508 e. The van der Waals surface area contributed by atoms with Crippen molar-refractivity contribution >= 4 is 41.5 Å². The lowest BCUT2D eigenvalue weighted by Crippen LogP contribution is -2.59. The number of phenolic OH excluding ortho intramolecular Hbond substituents is 1. The van der Waals surface area contributed by atoms with Crippen molar-refractivity contribution in [3.63, 3.8) is 0 Å². The van der Waals surface area contributed by atoms with Gasteiger partial charge in [-0.3, -0.25) is 29.0 Å². The van der Waals surface area contributed by atoms with E-state index in [1.807, 2.05) is 0 Å². The van der Waals surface area contributed by atoms with Crippen molar-refractivity contribution in [3.05, 3.63) is 83.9 Å². The zero-order chi connectivity index (χ0) is 38.9. The van der Waals surface area contributed by atoms with Crippen LogP contribution in [-0.4, -0.2) is 98.4 Å². The first-order valence-electron chi connectivity index (χ1n) is 16.5. The summed E-state index contributed by atoms with van der Waals surface area (Å²) in [7, 11) is 0. The van der Waals surface area contributed by atoms with Gasteiger partial charge in [0.1, 0.15) is 29.9 Å². The minimum atomic E-state index is -1.54. The number of H-pyrrole nitrogens is 1. The van der Waals surface area contributed by atoms with Gasteiger partial charge in [-0.15, -0.1) is 0 Å². The quantitative estimate of drug-likeness (QED) is 0.0305. The maximum atomic E-state index is 13.8. The normalized spacial score (nSPS) is 13.6. The van der Waals surface area contributed by atoms with Crippen LogP contribution < -0.4 is 44.2 Å². The summed E-state index contributed by atoms with van der Waals surface area (Å²) in [6.07, 6.45) is 2.08. The standard InChI is InChI=1S/C34H45N11O8/c35-23(13-20-8-10-22(46)11-9-20)29(48)43-26(16-28(36)47)32(51)42-24(7-4-12-40-34(37)38)30(49)44-25(15-21-17-39-18-41-21)31(50)45-27(33(52)53)14-19-5-2-1-3-6-19/h1-3,5-6,8-11,17-18,23-27,46H,4,7,12-16,35H2,(H2,36,47)(H,39,41)(H,42,51)(H,43,48)(H,44,49)(H,45,50)(H,52,53)(H4,37,38,40)/t23-,24-,25-,26-,27+/m1/s1. The number of aliphatic carboxylic acids is 1. The third-order valence-corrected chi connectivity index (χ3v) is 7.85. The van der Waals surface area contributed by atoms with E-state index in [-0.39, 0.29) is 50.4 Å². The average molecular weight is 736 g/mol. The monoisotopic (exact) mass is 735 g/mol. The van der Waals surface area contributed by atoms with Gasteiger partial charge < -0.3 is 59.4 Å². The molecule has 5 atom stereocenters. The molecule has 0 aliphatic rings. The van der Waals surface area contributed by atoms with Crippen molar-refractivity contribution in [2.75, 3.05) is 6.54 Å². The minimum Gasteiger partial charge on any atom is -0.508 e. The fourth-order valence-electron chi connectivity index (χ4n) is 5.13. The number of amides is 5. The van der Waals surface area contributed by atoms with Gasteiger partial charge in [0, 0.05) is 31.3 Å². The average Bonchev–Trinajstić information content (AvgIpc) is 3.62. The van der Waals surface area contributed by atoms with Crippen LogP contribution >= 0.6 is 0 Å². The number of aliphatic imine (C=N–C) groups is 1. The zero-order valence-corrected chi connectivity index (χ0v) is 28.7. The van der Waals surface area contributed by atoms with E-state index in [9.17, 15) is 39.0 Å². The second kappa shape index (κ2) is 20.4. The van der Waals surface area contributed by atoms with Gasteiger partial charge in [0.2, 0.25) is 29.5 Å². The number of phenols is 1. The topological polar surface area (TPSA) is 336 Å². The number of imidazole rings is 1. The number of aromatic nitrogens is 2. The highest BCUT2D eigenvalue weighted by atomic mass is 16.4. The molecule has 19 nitrogen and oxygen atoms in total. The van der Waals surface area contributed by atoms with Crippen molar-refractivity contribution in [3.8, 4) is 5.75 Å². The molecule has 0 aliphatic heterocycles. The van der Waals surface area contributed by atoms with Crippen LogP contribution in [0.1, 0.15) is 36.1 Å². The van der Waals surface area contributed by atoms with E-state index in [0.717, 1.165) is 0 Å². The van der Waals surface area contributed by atoms with Crippen molar-refractivity contribution in [1.82, 2.24) is 31.2 Å². The van der Waals surface area contributed by atoms with Crippen LogP contribution in [0, 0.1) is 0 Å². The molecule has 1 heterocycles. The molecule has 1 aromatic heterocycles. The van der Waals surface area contributed by atoms with Crippen molar-refractivity contribution in [1.29, 1.82) is 0 Å². The molecule has 5 amide bonds. The second-order valence-electron chi connectivity index (χ2n) is 12.1. The molecule has 0 saturated heterocycles. The van der Waals surface area contributed by atoms with Gasteiger partial charge in [-0.05, 0) is 42.5 Å². The van der Waals surface area contributed by atoms with E-state index in [0.29, 0.717) is 16.8 Å². The second-order valence-corrected chi connectivity index (χ2v) is 12.1. The van der Waals surface area contributed by atoms with E-state index in [4.69, 9.17) is 22.9 Å². The number of nitrogens with one attached hydrogen (secondary N) is 5. The summed E-state index contributed by atoms with van der Waals surface area (Å²) in [4.78, 5) is 88.6. The number of aromatic amines is 1. The third kappa shape index (κ3) is 14.3. The molecule has 3 aromatic rings. The maximum Gasteiger partial charge on any atom is 0.326 e. The number of benzene rings is 2. The first kappa shape index (κ1) is 40.9. The number of primary amides is 1. The Morgan fingerprint density at radius 2 is 1.32 bits per heavy atom. The Balaban J connectivity index is 1.81. The lowest BCUT2D eigenvalue weighted by molar-refractivity contribution is -0.142. The fourth-order valence-corrected chi connectivity index (χ4v) is 5.13. The van der Waals surface area contributed by atoms with Crippen molar-refractivity contribution in [2.24, 2.45) is 27.9 Å². The van der Waals surface area contributed by atoms with Gasteiger partial charge >= 0.3 is 5.97 Å². The predicted molar refractivity (Wildman–Crippen MR) is 191 cm³/mol. The third-order valence-electron chi connectivity index (χ3n) is 7.85. The summed E-state index contributed by atoms with van der Waals surface area (Å²) < 4.78 is 0. The first-order valence-corrected chi connectivity index (χ1v) is 16.5. The molecule has 53 heavy (non-hydrogen) atoms. The van der Waals surface area contributed by atoms with Gasteiger partial charge in [0.05, 0.1) is 18.8 Å². The number of hydrogen-bond acceptors (Lipinski definition) is 10. The van der Waals surface area contributed by atoms with E-state index in [1.54, 1.807) is 42.5 Å². The molecule has 2 aromatic carbocycles. The number of aromatic hydroxyl groups is 1. The molecule has 19 heteroatoms. The highest BCUT2D eigenvalue weighted by molar-refractivity contribution is 5.97. The number of rotatable bonds is 21. The van der Waals surface area contributed by atoms with Gasteiger partial charge in [-0.1, -0.05) is 42.5 Å². The highest BCUT2D eigenvalue weighted by Crippen LogP contribution is 2.12. The Morgan fingerprint density at radius 3 is 1.92 bits per heavy atom. The molecule has 0 aliphatic carbocycles. The molecule has 0 fully saturated rings. The summed E-state index contributed by atoms with van der Waals surface area (Å²) in [6, 6.07) is 7.81. The number of carboxylic acids is 1. The Labute approximate surface area is 304 Å². The lowest BCUT2D eigenvalue weighted by Gasteiger charge is -2.26. The van der Waals surface area contributed by atoms with Crippen LogP contribution in [0.5, 0.6) is 5.75 Å². The summed E-state index contributed by atoms with van der Waals surface area (Å²) in [6.45, 7) is 0.0629. The summed E-state index contributed by atoms with van der Waals surface area (Å²) >= 11 is 0. The Kier molecular flexibility index (Phi) is 15.7. The number of hydrogen-bond donors (Lipinski definition) is 11. The maximum absolute atomic E-state index is 13.8. The van der Waals surface area contributed by atoms with Gasteiger partial charge in [0.15, 0.2) is 5.96 Å². The Bertz CT molecular complexity index is 1720. The van der Waals surface area contributed by atoms with Gasteiger partial charge in [-0.25, -0.2) is 9.78 Å². The number of carbonyl (C=O) groups excluding carboxylic acids is 5. The summed E-state index contributed by atoms with van der Waals surface area (Å²) in [5.41, 5.74) is 24.0. The van der Waals surface area contributed by atoms with E-state index < -0.39 is 72.1 Å². The van der Waals surface area contributed by atoms with Crippen LogP contribution in [-0.2, 0) is 48.0 Å². The van der Waals surface area contributed by atoms with Crippen LogP contribution in [0.15, 0.2) is 72.1 Å². The predicted octanol–water partition coefficient (Wildman–Crippen LogP) is -2.58. The first-order chi connectivity index (χ1) is 25.2. The van der Waals surface area contributed by atoms with Crippen molar-refractivity contribution in [2.45, 2.75) is 68.7 Å². The van der Waals surface area contributed by atoms with E-state index in [1.165, 1.54) is 24.7 Å². The van der Waals surface area contributed by atoms with Crippen LogP contribution in [0.25, 0.3) is 0 Å².